The van der Waals surface area contributed by atoms with Gasteiger partial charge in [0.15, 0.2) is 0 Å². The summed E-state index contributed by atoms with van der Waals surface area (Å²) >= 11 is 0. The fourth-order valence-corrected chi connectivity index (χ4v) is 2.61. The first-order valence-electron chi connectivity index (χ1n) is 7.87. The predicted octanol–water partition coefficient (Wildman–Crippen LogP) is 3.53. The van der Waals surface area contributed by atoms with Crippen LogP contribution in [0.1, 0.15) is 50.8 Å². The summed E-state index contributed by atoms with van der Waals surface area (Å²) in [4.78, 5) is 14.3. The van der Waals surface area contributed by atoms with E-state index in [2.05, 4.69) is 52.0 Å². The molecule has 1 amide bonds. The van der Waals surface area contributed by atoms with E-state index in [1.54, 1.807) is 0 Å². The first-order chi connectivity index (χ1) is 9.85. The Balaban J connectivity index is 2.66. The van der Waals surface area contributed by atoms with Crippen molar-refractivity contribution in [2.75, 3.05) is 13.6 Å². The molecule has 118 valence electrons. The largest absolute Gasteiger partial charge is 0.339 e. The van der Waals surface area contributed by atoms with Gasteiger partial charge in [-0.1, -0.05) is 43.7 Å². The minimum atomic E-state index is 0.0931. The van der Waals surface area contributed by atoms with Crippen molar-refractivity contribution >= 4 is 5.91 Å². The van der Waals surface area contributed by atoms with Crippen molar-refractivity contribution in [3.05, 3.63) is 35.4 Å². The number of carbonyl (C=O) groups is 1. The Morgan fingerprint density at radius 3 is 2.24 bits per heavy atom. The van der Waals surface area contributed by atoms with Crippen molar-refractivity contribution in [3.63, 3.8) is 0 Å². The maximum Gasteiger partial charge on any atom is 0.223 e. The van der Waals surface area contributed by atoms with Crippen LogP contribution in [-0.2, 0) is 4.79 Å². The van der Waals surface area contributed by atoms with Gasteiger partial charge in [-0.25, -0.2) is 0 Å². The van der Waals surface area contributed by atoms with Gasteiger partial charge in [-0.3, -0.25) is 4.79 Å². The second-order valence-corrected chi connectivity index (χ2v) is 6.53. The molecule has 1 rings (SSSR count). The van der Waals surface area contributed by atoms with Crippen LogP contribution in [-0.4, -0.2) is 24.4 Å². The van der Waals surface area contributed by atoms with E-state index < -0.39 is 0 Å². The quantitative estimate of drug-likeness (QED) is 0.835. The average Bonchev–Trinajstić information content (AvgIpc) is 2.45. The van der Waals surface area contributed by atoms with Crippen molar-refractivity contribution < 1.29 is 4.79 Å². The molecule has 0 aliphatic carbocycles. The molecular formula is C18H30N2O. The van der Waals surface area contributed by atoms with Gasteiger partial charge in [0.1, 0.15) is 0 Å². The Kier molecular flexibility index (Phi) is 6.90. The molecule has 0 aliphatic heterocycles. The number of nitrogens with zero attached hydrogens (tertiary/aromatic N) is 1. The molecule has 2 atom stereocenters. The monoisotopic (exact) mass is 290 g/mol. The van der Waals surface area contributed by atoms with E-state index in [0.29, 0.717) is 18.9 Å². The van der Waals surface area contributed by atoms with E-state index in [-0.39, 0.29) is 17.9 Å². The fourth-order valence-electron chi connectivity index (χ4n) is 2.61. The number of nitrogens with two attached hydrogens (primary N) is 1. The van der Waals surface area contributed by atoms with Gasteiger partial charge in [0.2, 0.25) is 5.91 Å². The molecule has 0 heterocycles. The molecule has 0 saturated carbocycles. The van der Waals surface area contributed by atoms with Crippen LogP contribution in [0.2, 0.25) is 0 Å². The number of carbonyl (C=O) groups excluding carboxylic acids is 1. The van der Waals surface area contributed by atoms with E-state index >= 15 is 0 Å². The van der Waals surface area contributed by atoms with Gasteiger partial charge in [0.05, 0.1) is 6.04 Å². The van der Waals surface area contributed by atoms with Crippen LogP contribution in [0.3, 0.4) is 0 Å². The minimum Gasteiger partial charge on any atom is -0.339 e. The topological polar surface area (TPSA) is 46.3 Å². The highest BCUT2D eigenvalue weighted by atomic mass is 16.2. The van der Waals surface area contributed by atoms with Crippen molar-refractivity contribution in [1.82, 2.24) is 4.90 Å². The smallest absolute Gasteiger partial charge is 0.223 e. The summed E-state index contributed by atoms with van der Waals surface area (Å²) in [5, 5.41) is 0. The first-order valence-corrected chi connectivity index (χ1v) is 7.87. The highest BCUT2D eigenvalue weighted by molar-refractivity contribution is 5.76. The highest BCUT2D eigenvalue weighted by Crippen LogP contribution is 2.22. The van der Waals surface area contributed by atoms with Gasteiger partial charge in [-0.05, 0) is 44.2 Å². The van der Waals surface area contributed by atoms with Crippen LogP contribution in [0.15, 0.2) is 24.3 Å². The standard InChI is InChI=1S/C18H30N2O/c1-13(2)10-16(12-19)11-18(21)20(5)15(4)17-8-6-14(3)7-9-17/h6-9,13,15-16H,10-12,19H2,1-5H3. The summed E-state index contributed by atoms with van der Waals surface area (Å²) in [5.41, 5.74) is 8.21. The molecule has 21 heavy (non-hydrogen) atoms. The first kappa shape index (κ1) is 17.7. The van der Waals surface area contributed by atoms with Gasteiger partial charge < -0.3 is 10.6 Å². The molecule has 2 unspecified atom stereocenters. The van der Waals surface area contributed by atoms with Crippen LogP contribution in [0.25, 0.3) is 0 Å². The summed E-state index contributed by atoms with van der Waals surface area (Å²) in [6.07, 6.45) is 1.55. The van der Waals surface area contributed by atoms with E-state index in [1.165, 1.54) is 11.1 Å². The predicted molar refractivity (Wildman–Crippen MR) is 89.0 cm³/mol. The zero-order valence-electron chi connectivity index (χ0n) is 14.1. The van der Waals surface area contributed by atoms with Crippen LogP contribution in [0.4, 0.5) is 0 Å². The van der Waals surface area contributed by atoms with Gasteiger partial charge in [-0.2, -0.15) is 0 Å². The molecule has 0 radical (unpaired) electrons. The minimum absolute atomic E-state index is 0.0931. The molecule has 2 N–H and O–H groups in total. The molecule has 0 spiro atoms. The third-order valence-corrected chi connectivity index (χ3v) is 4.14. The molecule has 3 heteroatoms. The molecule has 1 aromatic carbocycles. The Labute approximate surface area is 129 Å². The third-order valence-electron chi connectivity index (χ3n) is 4.14. The lowest BCUT2D eigenvalue weighted by Crippen LogP contribution is -2.32. The number of hydrogen-bond donors (Lipinski definition) is 1. The maximum absolute atomic E-state index is 12.4. The van der Waals surface area contributed by atoms with Crippen molar-refractivity contribution in [1.29, 1.82) is 0 Å². The number of amides is 1. The van der Waals surface area contributed by atoms with Gasteiger partial charge in [-0.15, -0.1) is 0 Å². The summed E-state index contributed by atoms with van der Waals surface area (Å²) < 4.78 is 0. The number of benzene rings is 1. The normalized spacial score (nSPS) is 14.0. The SMILES string of the molecule is Cc1ccc(C(C)N(C)C(=O)CC(CN)CC(C)C)cc1. The summed E-state index contributed by atoms with van der Waals surface area (Å²) in [6.45, 7) is 9.07. The van der Waals surface area contributed by atoms with Gasteiger partial charge in [0.25, 0.3) is 0 Å². The number of hydrogen-bond acceptors (Lipinski definition) is 2. The molecule has 0 fully saturated rings. The molecule has 0 bridgehead atoms. The molecular weight excluding hydrogens is 260 g/mol. The van der Waals surface area contributed by atoms with Crippen molar-refractivity contribution in [3.8, 4) is 0 Å². The van der Waals surface area contributed by atoms with Crippen molar-refractivity contribution in [2.24, 2.45) is 17.6 Å². The molecule has 0 saturated heterocycles. The van der Waals surface area contributed by atoms with E-state index in [1.807, 2.05) is 11.9 Å². The lowest BCUT2D eigenvalue weighted by Gasteiger charge is -2.27. The molecule has 0 aliphatic rings. The zero-order valence-corrected chi connectivity index (χ0v) is 14.1. The van der Waals surface area contributed by atoms with Crippen LogP contribution >= 0.6 is 0 Å². The Morgan fingerprint density at radius 2 is 1.76 bits per heavy atom. The van der Waals surface area contributed by atoms with Gasteiger partial charge in [0, 0.05) is 13.5 Å². The highest BCUT2D eigenvalue weighted by Gasteiger charge is 2.21. The summed E-state index contributed by atoms with van der Waals surface area (Å²) in [5.74, 6) is 1.04. The van der Waals surface area contributed by atoms with E-state index in [0.717, 1.165) is 6.42 Å². The van der Waals surface area contributed by atoms with Crippen LogP contribution in [0.5, 0.6) is 0 Å². The number of aryl methyl sites for hydroxylation is 1. The van der Waals surface area contributed by atoms with E-state index in [9.17, 15) is 4.79 Å². The molecule has 3 nitrogen and oxygen atoms in total. The zero-order chi connectivity index (χ0) is 16.0. The number of rotatable bonds is 7. The lowest BCUT2D eigenvalue weighted by molar-refractivity contribution is -0.132. The van der Waals surface area contributed by atoms with Gasteiger partial charge >= 0.3 is 0 Å². The Hall–Kier alpha value is -1.35. The van der Waals surface area contributed by atoms with Crippen LogP contribution in [0, 0.1) is 18.8 Å². The molecule has 1 aromatic rings. The Bertz CT molecular complexity index is 439. The molecule has 0 aromatic heterocycles. The third kappa shape index (κ3) is 5.50. The van der Waals surface area contributed by atoms with Crippen molar-refractivity contribution in [2.45, 2.75) is 46.6 Å². The van der Waals surface area contributed by atoms with Crippen LogP contribution < -0.4 is 5.73 Å². The Morgan fingerprint density at radius 1 is 1.19 bits per heavy atom. The second kappa shape index (κ2) is 8.18. The fraction of sp³-hybridized carbons (Fsp3) is 0.611. The van der Waals surface area contributed by atoms with E-state index in [4.69, 9.17) is 5.73 Å². The lowest BCUT2D eigenvalue weighted by atomic mass is 9.93. The summed E-state index contributed by atoms with van der Waals surface area (Å²) in [6, 6.07) is 8.46. The maximum atomic E-state index is 12.4. The second-order valence-electron chi connectivity index (χ2n) is 6.53. The average molecular weight is 290 g/mol. The summed E-state index contributed by atoms with van der Waals surface area (Å²) in [7, 11) is 1.88.